The minimum atomic E-state index is -5.00. The molecule has 31 heavy (non-hydrogen) atoms. The number of hydrogen-bond acceptors (Lipinski definition) is 4. The van der Waals surface area contributed by atoms with Crippen molar-refractivity contribution in [2.45, 2.75) is 30.6 Å². The topological polar surface area (TPSA) is 53.8 Å². The van der Waals surface area contributed by atoms with Crippen LogP contribution in [0.25, 0.3) is 0 Å². The van der Waals surface area contributed by atoms with Gasteiger partial charge in [-0.1, -0.05) is 46.0 Å². The first-order valence-electron chi connectivity index (χ1n) is 8.32. The highest BCUT2D eigenvalue weighted by atomic mass is 35.5. The lowest BCUT2D eigenvalue weighted by molar-refractivity contribution is -0.275. The maximum absolute atomic E-state index is 14.0. The molecule has 1 aliphatic rings. The molecule has 13 heteroatoms. The van der Waals surface area contributed by atoms with Gasteiger partial charge in [-0.15, -0.1) is 0 Å². The molecule has 2 atom stereocenters. The van der Waals surface area contributed by atoms with Gasteiger partial charge < -0.3 is 15.3 Å². The summed E-state index contributed by atoms with van der Waals surface area (Å²) in [7, 11) is 0. The molecule has 0 radical (unpaired) electrons. The molecule has 1 heterocycles. The van der Waals surface area contributed by atoms with Gasteiger partial charge in [0.25, 0.3) is 5.60 Å². The van der Waals surface area contributed by atoms with E-state index in [9.17, 15) is 31.4 Å². The minimum absolute atomic E-state index is 0.000486. The number of alkyl halides is 6. The third-order valence-electron chi connectivity index (χ3n) is 4.42. The number of oxime groups is 1. The second kappa shape index (κ2) is 8.23. The lowest BCUT2D eigenvalue weighted by Gasteiger charge is -2.29. The lowest BCUT2D eigenvalue weighted by Crippen LogP contribution is -2.42. The van der Waals surface area contributed by atoms with Gasteiger partial charge in [0.05, 0.1) is 16.4 Å². The van der Waals surface area contributed by atoms with Gasteiger partial charge in [0.1, 0.15) is 0 Å². The van der Waals surface area contributed by atoms with Crippen LogP contribution in [-0.2, 0) is 10.4 Å². The molecule has 2 N–H and O–H groups in total. The minimum Gasteiger partial charge on any atom is -0.374 e. The molecule has 3 rings (SSSR count). The summed E-state index contributed by atoms with van der Waals surface area (Å²) in [6.07, 6.45) is -13.7. The highest BCUT2D eigenvalue weighted by molar-refractivity contribution is 6.34. The van der Waals surface area contributed by atoms with Gasteiger partial charge in [-0.3, -0.25) is 0 Å². The molecule has 2 aromatic carbocycles. The van der Waals surface area contributed by atoms with E-state index in [1.54, 1.807) is 5.32 Å². The fourth-order valence-corrected chi connectivity index (χ4v) is 3.59. The molecule has 2 unspecified atom stereocenters. The van der Waals surface area contributed by atoms with E-state index in [2.05, 4.69) is 5.16 Å². The normalized spacial score (nSPS) is 20.3. The average molecular weight is 508 g/mol. The Bertz CT molecular complexity index is 1010. The molecule has 1 aliphatic heterocycles. The third kappa shape index (κ3) is 4.82. The summed E-state index contributed by atoms with van der Waals surface area (Å²) in [6.45, 7) is 0. The lowest BCUT2D eigenvalue weighted by atomic mass is 9.86. The second-order valence-electron chi connectivity index (χ2n) is 6.57. The van der Waals surface area contributed by atoms with Gasteiger partial charge in [0.2, 0.25) is 6.23 Å². The van der Waals surface area contributed by atoms with E-state index in [-0.39, 0.29) is 32.0 Å². The summed E-state index contributed by atoms with van der Waals surface area (Å²) in [6, 6.07) is 6.75. The number of halogens is 9. The summed E-state index contributed by atoms with van der Waals surface area (Å²) in [5.41, 5.74) is -3.87. The summed E-state index contributed by atoms with van der Waals surface area (Å²) in [5.74, 6) is 0. The van der Waals surface area contributed by atoms with Crippen LogP contribution in [-0.4, -0.2) is 29.4 Å². The Labute approximate surface area is 186 Å². The molecule has 2 aromatic rings. The molecule has 0 saturated heterocycles. The monoisotopic (exact) mass is 506 g/mol. The molecule has 0 aliphatic carbocycles. The van der Waals surface area contributed by atoms with E-state index in [0.717, 1.165) is 24.3 Å². The Kier molecular flexibility index (Phi) is 6.31. The Balaban J connectivity index is 1.96. The largest absolute Gasteiger partial charge is 0.435 e. The summed E-state index contributed by atoms with van der Waals surface area (Å²) >= 11 is 17.5. The molecular formula is C18H11Cl3F6N2O2. The third-order valence-corrected chi connectivity index (χ3v) is 5.18. The van der Waals surface area contributed by atoms with E-state index in [1.807, 2.05) is 0 Å². The van der Waals surface area contributed by atoms with Crippen molar-refractivity contribution in [1.29, 1.82) is 0 Å². The number of anilines is 1. The van der Waals surface area contributed by atoms with Crippen LogP contribution in [0.3, 0.4) is 0 Å². The number of aliphatic hydroxyl groups excluding tert-OH is 1. The number of nitrogens with one attached hydrogen (secondary N) is 1. The van der Waals surface area contributed by atoms with Crippen LogP contribution in [0.15, 0.2) is 41.6 Å². The quantitative estimate of drug-likeness (QED) is 0.366. The van der Waals surface area contributed by atoms with Gasteiger partial charge in [-0.25, -0.2) is 0 Å². The highest BCUT2D eigenvalue weighted by Gasteiger charge is 2.62. The molecule has 0 spiro atoms. The molecular weight excluding hydrogens is 497 g/mol. The maximum atomic E-state index is 14.0. The van der Waals surface area contributed by atoms with Crippen molar-refractivity contribution in [1.82, 2.24) is 0 Å². The number of nitrogens with zero attached hydrogens (tertiary/aromatic N) is 1. The standard InChI is InChI=1S/C18H11Cl3F6N2O2/c19-10-4-9(5-11(20)6-10)16(18(25,26)27)7-14(29-31-16)8-1-2-12(21)13(3-8)28-15(30)17(22,23)24/h1-6,15,28,30H,7H2. The van der Waals surface area contributed by atoms with Gasteiger partial charge in [0.15, 0.2) is 0 Å². The highest BCUT2D eigenvalue weighted by Crippen LogP contribution is 2.50. The number of rotatable bonds is 4. The molecule has 0 bridgehead atoms. The number of aliphatic hydroxyl groups is 1. The van der Waals surface area contributed by atoms with Gasteiger partial charge in [-0.05, 0) is 30.3 Å². The fourth-order valence-electron chi connectivity index (χ4n) is 2.89. The van der Waals surface area contributed by atoms with Crippen LogP contribution in [0.4, 0.5) is 32.0 Å². The van der Waals surface area contributed by atoms with Crippen molar-refractivity contribution in [3.8, 4) is 0 Å². The molecule has 0 fully saturated rings. The Morgan fingerprint density at radius 3 is 2.16 bits per heavy atom. The van der Waals surface area contributed by atoms with Crippen LogP contribution in [0.2, 0.25) is 15.1 Å². The Morgan fingerprint density at radius 1 is 1.00 bits per heavy atom. The molecule has 0 saturated carbocycles. The zero-order chi connectivity index (χ0) is 23.2. The first kappa shape index (κ1) is 23.8. The number of hydrogen-bond donors (Lipinski definition) is 2. The van der Waals surface area contributed by atoms with E-state index >= 15 is 0 Å². The van der Waals surface area contributed by atoms with Crippen LogP contribution in [0, 0.1) is 0 Å². The van der Waals surface area contributed by atoms with E-state index in [4.69, 9.17) is 39.6 Å². The average Bonchev–Trinajstić information content (AvgIpc) is 3.08. The van der Waals surface area contributed by atoms with Crippen molar-refractivity contribution in [2.75, 3.05) is 5.32 Å². The van der Waals surface area contributed by atoms with Crippen molar-refractivity contribution in [3.63, 3.8) is 0 Å². The first-order chi connectivity index (χ1) is 14.2. The molecule has 0 amide bonds. The van der Waals surface area contributed by atoms with Gasteiger partial charge in [-0.2, -0.15) is 26.3 Å². The SMILES string of the molecule is OC(Nc1cc(C2=NOC(c3cc(Cl)cc(Cl)c3)(C(F)(F)F)C2)ccc1Cl)C(F)(F)F. The van der Waals surface area contributed by atoms with E-state index in [0.29, 0.717) is 0 Å². The molecule has 4 nitrogen and oxygen atoms in total. The van der Waals surface area contributed by atoms with Crippen LogP contribution in [0.5, 0.6) is 0 Å². The second-order valence-corrected chi connectivity index (χ2v) is 7.85. The zero-order valence-electron chi connectivity index (χ0n) is 15.0. The van der Waals surface area contributed by atoms with Crippen molar-refractivity contribution < 1.29 is 36.3 Å². The first-order valence-corrected chi connectivity index (χ1v) is 9.46. The van der Waals surface area contributed by atoms with Crippen LogP contribution >= 0.6 is 34.8 Å². The smallest absolute Gasteiger partial charge is 0.374 e. The summed E-state index contributed by atoms with van der Waals surface area (Å²) in [4.78, 5) is 4.84. The Morgan fingerprint density at radius 2 is 1.61 bits per heavy atom. The summed E-state index contributed by atoms with van der Waals surface area (Å²) in [5, 5.41) is 14.2. The van der Waals surface area contributed by atoms with Crippen LogP contribution in [0.1, 0.15) is 17.5 Å². The van der Waals surface area contributed by atoms with Crippen molar-refractivity contribution in [2.24, 2.45) is 5.16 Å². The van der Waals surface area contributed by atoms with Crippen LogP contribution < -0.4 is 5.32 Å². The molecule has 168 valence electrons. The number of benzene rings is 2. The Hall–Kier alpha value is -1.88. The van der Waals surface area contributed by atoms with E-state index < -0.39 is 36.2 Å². The van der Waals surface area contributed by atoms with Gasteiger partial charge in [0, 0.05) is 27.6 Å². The predicted molar refractivity (Wildman–Crippen MR) is 104 cm³/mol. The van der Waals surface area contributed by atoms with Crippen molar-refractivity contribution in [3.05, 3.63) is 62.6 Å². The van der Waals surface area contributed by atoms with Crippen molar-refractivity contribution >= 4 is 46.2 Å². The van der Waals surface area contributed by atoms with Gasteiger partial charge >= 0.3 is 12.4 Å². The fraction of sp³-hybridized carbons (Fsp3) is 0.278. The maximum Gasteiger partial charge on any atom is 0.435 e. The van der Waals surface area contributed by atoms with E-state index in [1.165, 1.54) is 12.1 Å². The predicted octanol–water partition coefficient (Wildman–Crippen LogP) is 6.52. The molecule has 0 aromatic heterocycles. The summed E-state index contributed by atoms with van der Waals surface area (Å²) < 4.78 is 79.9. The zero-order valence-corrected chi connectivity index (χ0v) is 17.2.